The van der Waals surface area contributed by atoms with Gasteiger partial charge in [0.05, 0.1) is 16.8 Å². The molecule has 3 aromatic rings. The van der Waals surface area contributed by atoms with Crippen molar-refractivity contribution >= 4 is 64.0 Å². The molecule has 0 bridgehead atoms. The zero-order valence-corrected chi connectivity index (χ0v) is 21.5. The highest BCUT2D eigenvalue weighted by molar-refractivity contribution is 7.97. The average molecular weight is 526 g/mol. The Balaban J connectivity index is 1.53. The molecule has 0 spiro atoms. The predicted molar refractivity (Wildman–Crippen MR) is 141 cm³/mol. The van der Waals surface area contributed by atoms with E-state index in [4.69, 9.17) is 46.4 Å². The van der Waals surface area contributed by atoms with Gasteiger partial charge in [0.1, 0.15) is 0 Å². The second-order valence-corrected chi connectivity index (χ2v) is 10.5. The lowest BCUT2D eigenvalue weighted by atomic mass is 9.91. The van der Waals surface area contributed by atoms with Crippen LogP contribution in [-0.4, -0.2) is 12.6 Å². The molecular weight excluding hydrogens is 502 g/mol. The lowest BCUT2D eigenvalue weighted by molar-refractivity contribution is 0.404. The van der Waals surface area contributed by atoms with Gasteiger partial charge in [0.25, 0.3) is 0 Å². The number of benzene rings is 3. The van der Waals surface area contributed by atoms with E-state index in [1.54, 1.807) is 18.0 Å². The van der Waals surface area contributed by atoms with Gasteiger partial charge in [-0.3, -0.25) is 4.72 Å². The third-order valence-electron chi connectivity index (χ3n) is 5.83. The second-order valence-electron chi connectivity index (χ2n) is 7.90. The molecule has 0 aliphatic carbocycles. The van der Waals surface area contributed by atoms with Gasteiger partial charge in [-0.25, -0.2) is 0 Å². The molecule has 2 atom stereocenters. The third kappa shape index (κ3) is 5.70. The van der Waals surface area contributed by atoms with Crippen LogP contribution in [-0.2, 0) is 6.42 Å². The fraction of sp³-hybridized carbons (Fsp3) is 0.280. The van der Waals surface area contributed by atoms with Gasteiger partial charge in [0.2, 0.25) is 0 Å². The van der Waals surface area contributed by atoms with Gasteiger partial charge >= 0.3 is 0 Å². The maximum atomic E-state index is 6.58. The largest absolute Gasteiger partial charge is 0.363 e. The van der Waals surface area contributed by atoms with Crippen LogP contribution in [0.4, 0.5) is 5.69 Å². The van der Waals surface area contributed by atoms with Crippen LogP contribution in [0.3, 0.4) is 0 Å². The van der Waals surface area contributed by atoms with Gasteiger partial charge in [-0.05, 0) is 84.8 Å². The number of nitrogens with zero attached hydrogens (tertiary/aromatic N) is 1. The number of nitrogens with one attached hydrogen (secondary N) is 1. The number of hydrogen-bond donors (Lipinski definition) is 1. The zero-order chi connectivity index (χ0) is 22.7. The molecule has 1 fully saturated rings. The Hall–Kier alpha value is -1.07. The van der Waals surface area contributed by atoms with Crippen LogP contribution >= 0.6 is 58.4 Å². The maximum Gasteiger partial charge on any atom is 0.0654 e. The molecule has 1 N–H and O–H groups in total. The highest BCUT2D eigenvalue weighted by Crippen LogP contribution is 2.40. The fourth-order valence-electron chi connectivity index (χ4n) is 4.11. The predicted octanol–water partition coefficient (Wildman–Crippen LogP) is 8.87. The van der Waals surface area contributed by atoms with Crippen LogP contribution in [0, 0.1) is 0 Å². The monoisotopic (exact) mass is 524 g/mol. The Bertz CT molecular complexity index is 1070. The first-order chi connectivity index (χ1) is 15.4. The molecule has 2 nitrogen and oxygen atoms in total. The van der Waals surface area contributed by atoms with Crippen molar-refractivity contribution in [1.82, 2.24) is 4.72 Å². The van der Waals surface area contributed by atoms with E-state index in [-0.39, 0.29) is 6.04 Å². The van der Waals surface area contributed by atoms with Crippen LogP contribution in [0.25, 0.3) is 0 Å². The van der Waals surface area contributed by atoms with E-state index in [2.05, 4.69) is 40.8 Å². The normalized spacial score (nSPS) is 18.7. The summed E-state index contributed by atoms with van der Waals surface area (Å²) < 4.78 is 3.66. The van der Waals surface area contributed by atoms with Crippen LogP contribution < -0.4 is 9.62 Å². The molecule has 0 amide bonds. The number of rotatable bonds is 6. The summed E-state index contributed by atoms with van der Waals surface area (Å²) in [6.45, 7) is 2.99. The first-order valence-electron chi connectivity index (χ1n) is 10.6. The van der Waals surface area contributed by atoms with E-state index >= 15 is 0 Å². The van der Waals surface area contributed by atoms with Gasteiger partial charge in [0.15, 0.2) is 0 Å². The molecule has 1 saturated heterocycles. The Morgan fingerprint density at radius 1 is 0.906 bits per heavy atom. The molecule has 1 heterocycles. The smallest absolute Gasteiger partial charge is 0.0654 e. The van der Waals surface area contributed by atoms with Gasteiger partial charge in [-0.15, -0.1) is 0 Å². The van der Waals surface area contributed by atoms with Crippen molar-refractivity contribution in [3.63, 3.8) is 0 Å². The van der Waals surface area contributed by atoms with Gasteiger partial charge in [-0.2, -0.15) is 0 Å². The highest BCUT2D eigenvalue weighted by Gasteiger charge is 2.31. The standard InChI is InChI=1S/C25H24Cl4N2S/c1-2-16-5-9-21(15-22(16)28)32-30-20-11-12-31(24-10-8-19(27)13-23(24)29)25(14-20)17-3-6-18(26)7-4-17/h3-10,13,15,20,25,30H,2,11-12,14H2,1H3. The molecule has 0 radical (unpaired) electrons. The minimum Gasteiger partial charge on any atom is -0.363 e. The highest BCUT2D eigenvalue weighted by atomic mass is 35.5. The topological polar surface area (TPSA) is 15.3 Å². The minimum atomic E-state index is 0.170. The number of piperidine rings is 1. The van der Waals surface area contributed by atoms with Crippen molar-refractivity contribution in [2.75, 3.05) is 11.4 Å². The van der Waals surface area contributed by atoms with Crippen molar-refractivity contribution in [3.8, 4) is 0 Å². The van der Waals surface area contributed by atoms with Crippen LogP contribution in [0.1, 0.15) is 36.9 Å². The van der Waals surface area contributed by atoms with Gasteiger partial charge < -0.3 is 4.90 Å². The van der Waals surface area contributed by atoms with Crippen LogP contribution in [0.15, 0.2) is 65.6 Å². The van der Waals surface area contributed by atoms with Gasteiger partial charge in [0, 0.05) is 32.5 Å². The van der Waals surface area contributed by atoms with E-state index in [0.29, 0.717) is 16.1 Å². The summed E-state index contributed by atoms with van der Waals surface area (Å²) in [4.78, 5) is 3.50. The van der Waals surface area contributed by atoms with Crippen LogP contribution in [0.2, 0.25) is 20.1 Å². The quantitative estimate of drug-likeness (QED) is 0.323. The number of anilines is 1. The molecule has 0 aromatic heterocycles. The molecule has 3 aromatic carbocycles. The summed E-state index contributed by atoms with van der Waals surface area (Å²) in [7, 11) is 0. The van der Waals surface area contributed by atoms with Crippen LogP contribution in [0.5, 0.6) is 0 Å². The third-order valence-corrected chi connectivity index (χ3v) is 7.91. The van der Waals surface area contributed by atoms with E-state index in [1.165, 1.54) is 11.1 Å². The number of hydrogen-bond acceptors (Lipinski definition) is 3. The number of halogens is 4. The van der Waals surface area contributed by atoms with E-state index in [9.17, 15) is 0 Å². The molecule has 1 aliphatic rings. The number of aryl methyl sites for hydroxylation is 1. The second kappa shape index (κ2) is 10.9. The maximum absolute atomic E-state index is 6.58. The molecule has 7 heteroatoms. The summed E-state index contributed by atoms with van der Waals surface area (Å²) in [5.74, 6) is 0. The minimum absolute atomic E-state index is 0.170. The lowest BCUT2D eigenvalue weighted by Gasteiger charge is -2.42. The molecule has 168 valence electrons. The molecule has 1 aliphatic heterocycles. The molecule has 2 unspecified atom stereocenters. The van der Waals surface area contributed by atoms with Crippen molar-refractivity contribution in [2.24, 2.45) is 0 Å². The summed E-state index contributed by atoms with van der Waals surface area (Å²) in [5.41, 5.74) is 3.39. The summed E-state index contributed by atoms with van der Waals surface area (Å²) in [6.07, 6.45) is 2.87. The Kier molecular flexibility index (Phi) is 8.20. The first kappa shape index (κ1) is 24.1. The molecule has 32 heavy (non-hydrogen) atoms. The average Bonchev–Trinajstić information content (AvgIpc) is 2.78. The van der Waals surface area contributed by atoms with Crippen molar-refractivity contribution < 1.29 is 0 Å². The van der Waals surface area contributed by atoms with Crippen molar-refractivity contribution in [2.45, 2.75) is 43.2 Å². The fourth-order valence-corrected chi connectivity index (χ4v) is 5.96. The summed E-state index contributed by atoms with van der Waals surface area (Å²) >= 11 is 26.9. The van der Waals surface area contributed by atoms with Gasteiger partial charge in [-0.1, -0.05) is 71.5 Å². The zero-order valence-electron chi connectivity index (χ0n) is 17.6. The van der Waals surface area contributed by atoms with E-state index in [0.717, 1.165) is 46.4 Å². The first-order valence-corrected chi connectivity index (χ1v) is 13.0. The Labute approximate surface area is 214 Å². The Morgan fingerprint density at radius 3 is 2.34 bits per heavy atom. The van der Waals surface area contributed by atoms with Crippen molar-refractivity contribution in [1.29, 1.82) is 0 Å². The lowest BCUT2D eigenvalue weighted by Crippen LogP contribution is -2.43. The molecular formula is C25H24Cl4N2S. The Morgan fingerprint density at radius 2 is 1.66 bits per heavy atom. The summed E-state index contributed by atoms with van der Waals surface area (Å²) in [6, 6.07) is 20.6. The summed E-state index contributed by atoms with van der Waals surface area (Å²) in [5, 5.41) is 2.87. The van der Waals surface area contributed by atoms with Crippen molar-refractivity contribution in [3.05, 3.63) is 91.9 Å². The van der Waals surface area contributed by atoms with E-state index in [1.807, 2.05) is 30.3 Å². The van der Waals surface area contributed by atoms with E-state index < -0.39 is 0 Å². The molecule has 0 saturated carbocycles. The molecule has 4 rings (SSSR count). The SMILES string of the molecule is CCc1ccc(SNC2CCN(c3ccc(Cl)cc3Cl)C(c3ccc(Cl)cc3)C2)cc1Cl.